The molecule has 9 heteroatoms. The summed E-state index contributed by atoms with van der Waals surface area (Å²) in [7, 11) is 1.61. The number of methoxy groups -OCH3 is 1. The molecule has 9 nitrogen and oxygen atoms in total. The van der Waals surface area contributed by atoms with E-state index in [1.54, 1.807) is 7.11 Å². The topological polar surface area (TPSA) is 109 Å². The first-order chi connectivity index (χ1) is 20.8. The molecule has 0 unspecified atom stereocenters. The van der Waals surface area contributed by atoms with Crippen LogP contribution in [-0.4, -0.2) is 74.7 Å². The molecule has 3 atom stereocenters. The minimum absolute atomic E-state index is 0.0521. The molecule has 2 saturated heterocycles. The summed E-state index contributed by atoms with van der Waals surface area (Å²) in [5.74, 6) is 0.536. The summed E-state index contributed by atoms with van der Waals surface area (Å²) in [5.41, 5.74) is 2.13. The van der Waals surface area contributed by atoms with E-state index in [4.69, 9.17) is 9.47 Å². The zero-order chi connectivity index (χ0) is 30.2. The predicted octanol–water partition coefficient (Wildman–Crippen LogP) is 3.62. The van der Waals surface area contributed by atoms with Gasteiger partial charge < -0.3 is 25.4 Å². The van der Waals surface area contributed by atoms with Crippen LogP contribution in [0.2, 0.25) is 0 Å². The molecule has 3 aliphatic heterocycles. The monoisotopic (exact) mass is 588 g/mol. The number of rotatable bonds is 6. The highest BCUT2D eigenvalue weighted by atomic mass is 16.5. The second kappa shape index (κ2) is 14.2. The van der Waals surface area contributed by atoms with Crippen molar-refractivity contribution in [1.82, 2.24) is 15.5 Å². The van der Waals surface area contributed by atoms with Gasteiger partial charge in [0.1, 0.15) is 11.8 Å². The van der Waals surface area contributed by atoms with Crippen molar-refractivity contribution in [2.24, 2.45) is 11.3 Å². The van der Waals surface area contributed by atoms with Crippen molar-refractivity contribution in [3.05, 3.63) is 71.8 Å². The van der Waals surface area contributed by atoms with Crippen LogP contribution < -0.4 is 20.7 Å². The van der Waals surface area contributed by atoms with E-state index < -0.39 is 11.5 Å². The molecule has 2 aromatic rings. The molecule has 2 aromatic carbocycles. The lowest BCUT2D eigenvalue weighted by molar-refractivity contribution is -0.140. The molecular weight excluding hydrogens is 544 g/mol. The Morgan fingerprint density at radius 1 is 1.09 bits per heavy atom. The first-order valence-corrected chi connectivity index (χ1v) is 15.4. The number of ether oxygens (including phenoxy) is 2. The Kier molecular flexibility index (Phi) is 10.1. The Labute approximate surface area is 254 Å². The molecule has 3 amide bonds. The summed E-state index contributed by atoms with van der Waals surface area (Å²) in [4.78, 5) is 42.7. The lowest BCUT2D eigenvalue weighted by Crippen LogP contribution is -2.58. The molecule has 0 bridgehead atoms. The van der Waals surface area contributed by atoms with Crippen molar-refractivity contribution < 1.29 is 23.9 Å². The van der Waals surface area contributed by atoms with Gasteiger partial charge in [-0.05, 0) is 62.1 Å². The van der Waals surface area contributed by atoms with E-state index in [9.17, 15) is 14.4 Å². The Morgan fingerprint density at radius 3 is 2.65 bits per heavy atom. The first-order valence-electron chi connectivity index (χ1n) is 15.4. The van der Waals surface area contributed by atoms with Gasteiger partial charge in [0, 0.05) is 50.5 Å². The highest BCUT2D eigenvalue weighted by Crippen LogP contribution is 2.36. The Hall–Kier alpha value is -3.69. The van der Waals surface area contributed by atoms with Crippen molar-refractivity contribution in [2.75, 3.05) is 45.3 Å². The lowest BCUT2D eigenvalue weighted by atomic mass is 9.75. The predicted molar refractivity (Wildman–Crippen MR) is 166 cm³/mol. The van der Waals surface area contributed by atoms with Gasteiger partial charge in [-0.15, -0.1) is 0 Å². The number of hydrogen-bond acceptors (Lipinski definition) is 6. The number of hydrogen-bond donors (Lipinski definition) is 3. The third kappa shape index (κ3) is 7.83. The average molecular weight is 589 g/mol. The molecule has 3 N–H and O–H groups in total. The number of allylic oxidation sites excluding steroid dienone is 2. The zero-order valence-corrected chi connectivity index (χ0v) is 25.3. The maximum atomic E-state index is 13.8. The van der Waals surface area contributed by atoms with Gasteiger partial charge in [0.2, 0.25) is 17.7 Å². The molecule has 2 fully saturated rings. The molecule has 1 spiro atoms. The molecule has 0 aromatic heterocycles. The quantitative estimate of drug-likeness (QED) is 0.445. The smallest absolute Gasteiger partial charge is 0.243 e. The van der Waals surface area contributed by atoms with Crippen molar-refractivity contribution in [3.8, 4) is 5.75 Å². The van der Waals surface area contributed by atoms with Crippen LogP contribution in [0.1, 0.15) is 43.2 Å². The van der Waals surface area contributed by atoms with Crippen LogP contribution in [0.5, 0.6) is 5.75 Å². The summed E-state index contributed by atoms with van der Waals surface area (Å²) < 4.78 is 10.9. The van der Waals surface area contributed by atoms with Crippen molar-refractivity contribution in [1.29, 1.82) is 0 Å². The summed E-state index contributed by atoms with van der Waals surface area (Å²) in [6.45, 7) is 4.68. The summed E-state index contributed by atoms with van der Waals surface area (Å²) in [5, 5.41) is 9.49. The molecule has 0 aliphatic carbocycles. The Bertz CT molecular complexity index is 1310. The number of piperidine rings is 1. The van der Waals surface area contributed by atoms with Crippen LogP contribution in [0.3, 0.4) is 0 Å². The molecule has 3 heterocycles. The minimum atomic E-state index is -0.673. The molecule has 3 aliphatic rings. The van der Waals surface area contributed by atoms with Gasteiger partial charge >= 0.3 is 0 Å². The fourth-order valence-corrected chi connectivity index (χ4v) is 6.46. The number of nitrogens with zero attached hydrogens (tertiary/aromatic N) is 1. The molecule has 43 heavy (non-hydrogen) atoms. The van der Waals surface area contributed by atoms with Crippen LogP contribution in [0.25, 0.3) is 0 Å². The van der Waals surface area contributed by atoms with Crippen molar-refractivity contribution >= 4 is 23.4 Å². The van der Waals surface area contributed by atoms with Crippen LogP contribution in [0.15, 0.2) is 60.7 Å². The van der Waals surface area contributed by atoms with E-state index >= 15 is 0 Å². The number of carbonyl (C=O) groups excluding carboxylic acids is 3. The number of fused-ring (bicyclic) bond motifs is 1. The SMILES string of the molecule is COc1ccc(C)c(NC(=O)CN2CC[C@H]3NC(=O)[C@H](Cc4ccccc4)NC(=O)C4(C/C=C/C[C@H]3C2)CCOCC4)c1. The standard InChI is InChI=1S/C34H44N4O5/c1-24-11-12-27(42-2)21-29(24)35-31(39)23-38-17-13-28-26(22-38)10-6-7-14-34(15-18-43-19-16-34)33(41)37-30(32(40)36-28)20-25-8-4-3-5-9-25/h3-9,11-12,21,26,28,30H,10,13-20,22-23H2,1-2H3,(H,35,39)(H,36,40)(H,37,41)/b7-6+/t26-,28+,30-/m0/s1. The fourth-order valence-electron chi connectivity index (χ4n) is 6.46. The summed E-state index contributed by atoms with van der Waals surface area (Å²) >= 11 is 0. The van der Waals surface area contributed by atoms with Crippen molar-refractivity contribution in [2.45, 2.75) is 57.5 Å². The van der Waals surface area contributed by atoms with E-state index in [0.29, 0.717) is 57.7 Å². The number of carbonyl (C=O) groups is 3. The van der Waals surface area contributed by atoms with Gasteiger partial charge in [-0.1, -0.05) is 48.6 Å². The Morgan fingerprint density at radius 2 is 1.88 bits per heavy atom. The molecule has 5 rings (SSSR count). The number of aryl methyl sites for hydroxylation is 1. The van der Waals surface area contributed by atoms with Crippen molar-refractivity contribution in [3.63, 3.8) is 0 Å². The third-order valence-corrected chi connectivity index (χ3v) is 9.18. The zero-order valence-electron chi connectivity index (χ0n) is 25.3. The van der Waals surface area contributed by atoms with Crippen LogP contribution in [0.4, 0.5) is 5.69 Å². The van der Waals surface area contributed by atoms with E-state index in [1.165, 1.54) is 0 Å². The van der Waals surface area contributed by atoms with E-state index in [-0.39, 0.29) is 36.2 Å². The maximum Gasteiger partial charge on any atom is 0.243 e. The maximum absolute atomic E-state index is 13.8. The number of nitrogens with one attached hydrogen (secondary N) is 3. The van der Waals surface area contributed by atoms with Gasteiger partial charge in [0.15, 0.2) is 0 Å². The van der Waals surface area contributed by atoms with E-state index in [0.717, 1.165) is 29.7 Å². The summed E-state index contributed by atoms with van der Waals surface area (Å²) in [6.07, 6.45) is 8.07. The first kappa shape index (κ1) is 30.8. The minimum Gasteiger partial charge on any atom is -0.497 e. The second-order valence-corrected chi connectivity index (χ2v) is 12.1. The van der Waals surface area contributed by atoms with E-state index in [2.05, 4.69) is 33.0 Å². The molecule has 230 valence electrons. The van der Waals surface area contributed by atoms with Crippen LogP contribution in [0, 0.1) is 18.3 Å². The van der Waals surface area contributed by atoms with Crippen LogP contribution in [-0.2, 0) is 25.5 Å². The average Bonchev–Trinajstić information content (AvgIpc) is 3.01. The van der Waals surface area contributed by atoms with Gasteiger partial charge in [-0.3, -0.25) is 19.3 Å². The lowest BCUT2D eigenvalue weighted by Gasteiger charge is -2.40. The van der Waals surface area contributed by atoms with Gasteiger partial charge in [-0.2, -0.15) is 0 Å². The normalized spacial score (nSPS) is 25.3. The third-order valence-electron chi connectivity index (χ3n) is 9.18. The number of benzene rings is 2. The van der Waals surface area contributed by atoms with Gasteiger partial charge in [0.25, 0.3) is 0 Å². The Balaban J connectivity index is 1.31. The van der Waals surface area contributed by atoms with Gasteiger partial charge in [-0.25, -0.2) is 0 Å². The second-order valence-electron chi connectivity index (χ2n) is 12.1. The number of anilines is 1. The van der Waals surface area contributed by atoms with Crippen LogP contribution >= 0.6 is 0 Å². The molecule has 0 saturated carbocycles. The highest BCUT2D eigenvalue weighted by Gasteiger charge is 2.41. The highest BCUT2D eigenvalue weighted by molar-refractivity contribution is 5.93. The molecular formula is C34H44N4O5. The van der Waals surface area contributed by atoms with E-state index in [1.807, 2.05) is 55.5 Å². The number of amides is 3. The summed E-state index contributed by atoms with van der Waals surface area (Å²) in [6, 6.07) is 14.7. The largest absolute Gasteiger partial charge is 0.497 e. The number of likely N-dealkylation sites (tertiary alicyclic amines) is 1. The molecule has 0 radical (unpaired) electrons. The fraction of sp³-hybridized carbons (Fsp3) is 0.500. The van der Waals surface area contributed by atoms with Gasteiger partial charge in [0.05, 0.1) is 19.1 Å².